The molecule has 3 aromatic rings. The molecule has 5 nitrogen and oxygen atoms in total. The molecule has 2 fully saturated rings. The number of rotatable bonds is 4. The minimum atomic E-state index is 0.540. The standard InChI is InChI=1S/C25H30N5S/c1-18-7-6-10-20(15-18)22-24(31-25(28-22)30-13-11-29(2)12-14-30)23-21(16-26-17-27-23)19-8-4-3-5-9-19/h6-7,10,15-16,19H,3-5,8-9,11-14H2,1-2H3. The third-order valence-electron chi connectivity index (χ3n) is 6.64. The minimum Gasteiger partial charge on any atom is -0.345 e. The number of likely N-dealkylation sites (N-methyl/N-ethyl adjacent to an activating group) is 1. The maximum atomic E-state index is 5.18. The van der Waals surface area contributed by atoms with Crippen LogP contribution in [0.3, 0.4) is 0 Å². The number of nitrogens with zero attached hydrogens (tertiary/aromatic N) is 5. The van der Waals surface area contributed by atoms with Gasteiger partial charge in [-0.05, 0) is 38.8 Å². The molecule has 3 heterocycles. The zero-order chi connectivity index (χ0) is 21.2. The van der Waals surface area contributed by atoms with E-state index in [2.05, 4.69) is 59.3 Å². The third kappa shape index (κ3) is 4.37. The second-order valence-corrected chi connectivity index (χ2v) is 9.92. The van der Waals surface area contributed by atoms with Crippen molar-refractivity contribution < 1.29 is 0 Å². The zero-order valence-electron chi connectivity index (χ0n) is 18.5. The minimum absolute atomic E-state index is 0.540. The molecule has 1 saturated carbocycles. The highest BCUT2D eigenvalue weighted by Gasteiger charge is 2.26. The van der Waals surface area contributed by atoms with Gasteiger partial charge in [0.1, 0.15) is 0 Å². The molecule has 161 valence electrons. The fraction of sp³-hybridized carbons (Fsp3) is 0.480. The smallest absolute Gasteiger partial charge is 0.198 e. The molecular weight excluding hydrogens is 402 g/mol. The second kappa shape index (κ2) is 9.05. The Bertz CT molecular complexity index is 1030. The van der Waals surface area contributed by atoms with Gasteiger partial charge in [0.2, 0.25) is 0 Å². The summed E-state index contributed by atoms with van der Waals surface area (Å²) in [4.78, 5) is 20.2. The summed E-state index contributed by atoms with van der Waals surface area (Å²) in [6.45, 7) is 6.32. The van der Waals surface area contributed by atoms with Crippen molar-refractivity contribution in [2.75, 3.05) is 38.1 Å². The van der Waals surface area contributed by atoms with Gasteiger partial charge in [-0.15, -0.1) is 0 Å². The summed E-state index contributed by atoms with van der Waals surface area (Å²) >= 11 is 1.79. The molecule has 0 atom stereocenters. The van der Waals surface area contributed by atoms with E-state index < -0.39 is 0 Å². The van der Waals surface area contributed by atoms with Gasteiger partial charge in [0.25, 0.3) is 0 Å². The van der Waals surface area contributed by atoms with Crippen LogP contribution in [0.25, 0.3) is 21.8 Å². The number of hydrogen-bond acceptors (Lipinski definition) is 6. The van der Waals surface area contributed by atoms with Crippen molar-refractivity contribution in [1.82, 2.24) is 19.9 Å². The summed E-state index contributed by atoms with van der Waals surface area (Å²) in [5.74, 6) is 0.540. The van der Waals surface area contributed by atoms with E-state index >= 15 is 0 Å². The van der Waals surface area contributed by atoms with Gasteiger partial charge in [-0.25, -0.2) is 15.0 Å². The first-order valence-corrected chi connectivity index (χ1v) is 12.3. The molecule has 6 heteroatoms. The van der Waals surface area contributed by atoms with Crippen LogP contribution in [0, 0.1) is 13.3 Å². The molecule has 0 N–H and O–H groups in total. The lowest BCUT2D eigenvalue weighted by atomic mass is 9.83. The Morgan fingerprint density at radius 2 is 1.84 bits per heavy atom. The molecule has 0 spiro atoms. The molecule has 2 aromatic heterocycles. The maximum absolute atomic E-state index is 5.18. The van der Waals surface area contributed by atoms with Crippen LogP contribution in [0.4, 0.5) is 5.13 Å². The summed E-state index contributed by atoms with van der Waals surface area (Å²) in [6.07, 6.45) is 11.3. The van der Waals surface area contributed by atoms with Crippen molar-refractivity contribution in [2.24, 2.45) is 0 Å². The summed E-state index contributed by atoms with van der Waals surface area (Å²) in [7, 11) is 2.19. The molecule has 1 aliphatic heterocycles. The number of benzene rings is 1. The van der Waals surface area contributed by atoms with Crippen molar-refractivity contribution in [3.05, 3.63) is 47.9 Å². The highest BCUT2D eigenvalue weighted by molar-refractivity contribution is 7.19. The third-order valence-corrected chi connectivity index (χ3v) is 7.76. The average molecular weight is 433 g/mol. The van der Waals surface area contributed by atoms with Gasteiger partial charge in [0, 0.05) is 43.5 Å². The van der Waals surface area contributed by atoms with E-state index in [1.165, 1.54) is 53.7 Å². The molecule has 1 radical (unpaired) electrons. The zero-order valence-corrected chi connectivity index (χ0v) is 19.3. The highest BCUT2D eigenvalue weighted by atomic mass is 32.1. The van der Waals surface area contributed by atoms with Gasteiger partial charge < -0.3 is 9.80 Å². The lowest BCUT2D eigenvalue weighted by Crippen LogP contribution is -2.44. The first-order valence-electron chi connectivity index (χ1n) is 11.4. The van der Waals surface area contributed by atoms with Crippen molar-refractivity contribution >= 4 is 16.5 Å². The summed E-state index contributed by atoms with van der Waals surface area (Å²) < 4.78 is 0. The topological polar surface area (TPSA) is 45.2 Å². The van der Waals surface area contributed by atoms with E-state index in [1.807, 2.05) is 6.20 Å². The van der Waals surface area contributed by atoms with Crippen LogP contribution in [0.2, 0.25) is 0 Å². The van der Waals surface area contributed by atoms with Crippen molar-refractivity contribution in [3.8, 4) is 21.8 Å². The van der Waals surface area contributed by atoms with Crippen LogP contribution in [-0.2, 0) is 0 Å². The van der Waals surface area contributed by atoms with Crippen LogP contribution in [-0.4, -0.2) is 53.1 Å². The summed E-state index contributed by atoms with van der Waals surface area (Å²) in [5.41, 5.74) is 5.78. The largest absolute Gasteiger partial charge is 0.345 e. The van der Waals surface area contributed by atoms with Crippen LogP contribution in [0.5, 0.6) is 0 Å². The van der Waals surface area contributed by atoms with Crippen LogP contribution in [0.15, 0.2) is 30.5 Å². The lowest BCUT2D eigenvalue weighted by molar-refractivity contribution is 0.313. The lowest BCUT2D eigenvalue weighted by Gasteiger charge is -2.32. The van der Waals surface area contributed by atoms with Crippen LogP contribution >= 0.6 is 11.3 Å². The molecule has 1 aromatic carbocycles. The number of hydrogen-bond donors (Lipinski definition) is 0. The molecular formula is C25H30N5S. The SMILES string of the molecule is Cc1cccc(-c2nc(N3CCN(C)CC3)sc2-c2n[c]ncc2C2CCCCC2)c1. The Morgan fingerprint density at radius 1 is 1.03 bits per heavy atom. The van der Waals surface area contributed by atoms with Gasteiger partial charge in [0.05, 0.1) is 16.3 Å². The van der Waals surface area contributed by atoms with E-state index in [1.54, 1.807) is 11.3 Å². The summed E-state index contributed by atoms with van der Waals surface area (Å²) in [5, 5.41) is 1.10. The van der Waals surface area contributed by atoms with Gasteiger partial charge in [-0.1, -0.05) is 54.4 Å². The van der Waals surface area contributed by atoms with E-state index in [-0.39, 0.29) is 0 Å². The predicted octanol–water partition coefficient (Wildman–Crippen LogP) is 5.18. The fourth-order valence-corrected chi connectivity index (χ4v) is 5.94. The molecule has 5 rings (SSSR count). The Kier molecular flexibility index (Phi) is 6.01. The van der Waals surface area contributed by atoms with E-state index in [4.69, 9.17) is 9.97 Å². The van der Waals surface area contributed by atoms with Crippen LogP contribution in [0.1, 0.15) is 49.1 Å². The maximum Gasteiger partial charge on any atom is 0.198 e. The second-order valence-electron chi connectivity index (χ2n) is 8.94. The van der Waals surface area contributed by atoms with Gasteiger partial charge in [-0.2, -0.15) is 0 Å². The van der Waals surface area contributed by atoms with E-state index in [9.17, 15) is 0 Å². The Hall–Kier alpha value is -2.31. The van der Waals surface area contributed by atoms with Crippen LogP contribution < -0.4 is 4.90 Å². The molecule has 0 unspecified atom stereocenters. The molecule has 1 aliphatic carbocycles. The van der Waals surface area contributed by atoms with Gasteiger partial charge in [-0.3, -0.25) is 0 Å². The summed E-state index contributed by atoms with van der Waals surface area (Å²) in [6, 6.07) is 8.67. The van der Waals surface area contributed by atoms with Gasteiger partial charge >= 0.3 is 0 Å². The first-order chi connectivity index (χ1) is 15.2. The van der Waals surface area contributed by atoms with Crippen molar-refractivity contribution in [3.63, 3.8) is 0 Å². The Morgan fingerprint density at radius 3 is 2.61 bits per heavy atom. The first kappa shape index (κ1) is 20.6. The highest BCUT2D eigenvalue weighted by Crippen LogP contribution is 2.44. The number of anilines is 1. The normalized spacial score (nSPS) is 18.5. The molecule has 0 bridgehead atoms. The van der Waals surface area contributed by atoms with Crippen molar-refractivity contribution in [2.45, 2.75) is 44.9 Å². The predicted molar refractivity (Wildman–Crippen MR) is 128 cm³/mol. The Labute approximate surface area is 189 Å². The number of aryl methyl sites for hydroxylation is 1. The fourth-order valence-electron chi connectivity index (χ4n) is 4.79. The monoisotopic (exact) mass is 432 g/mol. The molecule has 1 saturated heterocycles. The van der Waals surface area contributed by atoms with Gasteiger partial charge in [0.15, 0.2) is 11.5 Å². The number of thiazole rings is 1. The van der Waals surface area contributed by atoms with Crippen molar-refractivity contribution in [1.29, 1.82) is 0 Å². The molecule has 31 heavy (non-hydrogen) atoms. The van der Waals surface area contributed by atoms with E-state index in [0.717, 1.165) is 42.7 Å². The quantitative estimate of drug-likeness (QED) is 0.569. The average Bonchev–Trinajstić information content (AvgIpc) is 3.25. The van der Waals surface area contributed by atoms with E-state index in [0.29, 0.717) is 5.92 Å². The Balaban J connectivity index is 1.61. The molecule has 0 amide bonds. The number of piperazine rings is 1. The number of aromatic nitrogens is 3. The molecule has 2 aliphatic rings.